The summed E-state index contributed by atoms with van der Waals surface area (Å²) in [5.41, 5.74) is 1.38. The maximum atomic E-state index is 13.2. The molecular weight excluding hydrogens is 364 g/mol. The Morgan fingerprint density at radius 2 is 1.81 bits per heavy atom. The van der Waals surface area contributed by atoms with Crippen molar-refractivity contribution in [3.05, 3.63) is 83.0 Å². The van der Waals surface area contributed by atoms with Crippen LogP contribution in [-0.4, -0.2) is 25.1 Å². The number of hydrogen-bond donors (Lipinski definition) is 0. The number of amides is 1. The molecule has 0 bridgehead atoms. The minimum atomic E-state index is -0.189. The summed E-state index contributed by atoms with van der Waals surface area (Å²) >= 11 is 6.06. The maximum absolute atomic E-state index is 13.2. The molecule has 138 valence electrons. The van der Waals surface area contributed by atoms with E-state index in [1.807, 2.05) is 30.3 Å². The second kappa shape index (κ2) is 8.56. The van der Waals surface area contributed by atoms with Gasteiger partial charge >= 0.3 is 0 Å². The van der Waals surface area contributed by atoms with E-state index in [4.69, 9.17) is 21.1 Å². The first-order valence-electron chi connectivity index (χ1n) is 8.31. The van der Waals surface area contributed by atoms with E-state index in [-0.39, 0.29) is 5.91 Å². The predicted molar refractivity (Wildman–Crippen MR) is 106 cm³/mol. The Bertz CT molecular complexity index is 932. The molecule has 0 atom stereocenters. The van der Waals surface area contributed by atoms with Crippen LogP contribution in [0, 0.1) is 0 Å². The van der Waals surface area contributed by atoms with Gasteiger partial charge < -0.3 is 9.47 Å². The van der Waals surface area contributed by atoms with E-state index in [0.717, 1.165) is 5.56 Å². The van der Waals surface area contributed by atoms with Gasteiger partial charge in [-0.3, -0.25) is 9.69 Å². The highest BCUT2D eigenvalue weighted by Crippen LogP contribution is 2.29. The van der Waals surface area contributed by atoms with Crippen molar-refractivity contribution in [3.8, 4) is 11.5 Å². The molecule has 0 aliphatic carbocycles. The van der Waals surface area contributed by atoms with Crippen molar-refractivity contribution < 1.29 is 14.3 Å². The van der Waals surface area contributed by atoms with Crippen LogP contribution < -0.4 is 14.4 Å². The van der Waals surface area contributed by atoms with Crippen LogP contribution >= 0.6 is 11.6 Å². The number of aromatic nitrogens is 1. The Kier molecular flexibility index (Phi) is 5.94. The van der Waals surface area contributed by atoms with Crippen molar-refractivity contribution in [2.75, 3.05) is 19.1 Å². The summed E-state index contributed by atoms with van der Waals surface area (Å²) in [6, 6.07) is 17.9. The van der Waals surface area contributed by atoms with Crippen LogP contribution in [0.15, 0.2) is 66.9 Å². The first kappa shape index (κ1) is 18.7. The first-order chi connectivity index (χ1) is 13.1. The Hall–Kier alpha value is -3.05. The van der Waals surface area contributed by atoms with Crippen LogP contribution in [0.4, 0.5) is 5.82 Å². The van der Waals surface area contributed by atoms with Crippen molar-refractivity contribution in [3.63, 3.8) is 0 Å². The van der Waals surface area contributed by atoms with Crippen molar-refractivity contribution >= 4 is 23.3 Å². The summed E-state index contributed by atoms with van der Waals surface area (Å²) in [5.74, 6) is 1.60. The minimum Gasteiger partial charge on any atom is -0.493 e. The highest BCUT2D eigenvalue weighted by molar-refractivity contribution is 6.31. The summed E-state index contributed by atoms with van der Waals surface area (Å²) in [6.45, 7) is 0.322. The molecule has 0 unspecified atom stereocenters. The van der Waals surface area contributed by atoms with Crippen molar-refractivity contribution in [2.24, 2.45) is 0 Å². The smallest absolute Gasteiger partial charge is 0.259 e. The zero-order valence-corrected chi connectivity index (χ0v) is 15.8. The molecule has 0 saturated heterocycles. The van der Waals surface area contributed by atoms with E-state index in [2.05, 4.69) is 4.98 Å². The molecule has 1 amide bonds. The van der Waals surface area contributed by atoms with Crippen LogP contribution in [0.3, 0.4) is 0 Å². The molecule has 0 fully saturated rings. The third-order valence-corrected chi connectivity index (χ3v) is 4.27. The first-order valence-corrected chi connectivity index (χ1v) is 8.69. The molecule has 0 spiro atoms. The molecule has 2 aromatic carbocycles. The number of nitrogens with zero attached hydrogens (tertiary/aromatic N) is 2. The van der Waals surface area contributed by atoms with Crippen LogP contribution in [0.2, 0.25) is 5.02 Å². The van der Waals surface area contributed by atoms with E-state index in [1.54, 1.807) is 55.6 Å². The molecule has 1 aromatic heterocycles. The molecule has 0 N–H and O–H groups in total. The highest BCUT2D eigenvalue weighted by atomic mass is 35.5. The quantitative estimate of drug-likeness (QED) is 0.625. The van der Waals surface area contributed by atoms with Gasteiger partial charge in [0.2, 0.25) is 0 Å². The normalized spacial score (nSPS) is 10.3. The molecule has 6 heteroatoms. The topological polar surface area (TPSA) is 51.7 Å². The Morgan fingerprint density at radius 1 is 1.00 bits per heavy atom. The number of halogens is 1. The average molecular weight is 383 g/mol. The van der Waals surface area contributed by atoms with Gasteiger partial charge in [0.15, 0.2) is 11.5 Å². The lowest BCUT2D eigenvalue weighted by atomic mass is 10.1. The van der Waals surface area contributed by atoms with E-state index in [0.29, 0.717) is 34.4 Å². The number of carbonyl (C=O) groups excluding carboxylic acids is 1. The number of rotatable bonds is 6. The lowest BCUT2D eigenvalue weighted by Crippen LogP contribution is -2.31. The second-order valence-electron chi connectivity index (χ2n) is 5.78. The molecule has 0 aliphatic rings. The predicted octanol–water partition coefficient (Wildman–Crippen LogP) is 4.60. The van der Waals surface area contributed by atoms with Gasteiger partial charge in [-0.15, -0.1) is 0 Å². The van der Waals surface area contributed by atoms with Gasteiger partial charge in [0.25, 0.3) is 5.91 Å². The molecule has 27 heavy (non-hydrogen) atoms. The Balaban J connectivity index is 1.97. The molecule has 0 radical (unpaired) electrons. The number of methoxy groups -OCH3 is 2. The lowest BCUT2D eigenvalue weighted by Gasteiger charge is -2.22. The summed E-state index contributed by atoms with van der Waals surface area (Å²) in [4.78, 5) is 19.1. The highest BCUT2D eigenvalue weighted by Gasteiger charge is 2.20. The third-order valence-electron chi connectivity index (χ3n) is 4.03. The van der Waals surface area contributed by atoms with Gasteiger partial charge in [0, 0.05) is 16.8 Å². The number of benzene rings is 2. The van der Waals surface area contributed by atoms with Gasteiger partial charge in [-0.05, 0) is 48.0 Å². The number of hydrogen-bond acceptors (Lipinski definition) is 4. The summed E-state index contributed by atoms with van der Waals surface area (Å²) in [7, 11) is 3.16. The van der Waals surface area contributed by atoms with E-state index in [9.17, 15) is 4.79 Å². The van der Waals surface area contributed by atoms with Crippen molar-refractivity contribution in [2.45, 2.75) is 6.54 Å². The van der Waals surface area contributed by atoms with Gasteiger partial charge in [0.1, 0.15) is 5.82 Å². The van der Waals surface area contributed by atoms with E-state index < -0.39 is 0 Å². The standard InChI is InChI=1S/C21H19ClN2O3/c1-26-18-10-9-15(12-19(18)27-2)14-24(20-8-3-4-11-23-20)21(25)16-6-5-7-17(22)13-16/h3-13H,14H2,1-2H3. The molecule has 0 saturated carbocycles. The Labute approximate surface area is 163 Å². The number of pyridine rings is 1. The molecule has 3 rings (SSSR count). The van der Waals surface area contributed by atoms with Crippen molar-refractivity contribution in [1.29, 1.82) is 0 Å². The van der Waals surface area contributed by atoms with Gasteiger partial charge in [0.05, 0.1) is 20.8 Å². The van der Waals surface area contributed by atoms with E-state index >= 15 is 0 Å². The minimum absolute atomic E-state index is 0.189. The zero-order valence-electron chi connectivity index (χ0n) is 15.1. The molecule has 3 aromatic rings. The fourth-order valence-electron chi connectivity index (χ4n) is 2.71. The van der Waals surface area contributed by atoms with Crippen LogP contribution in [-0.2, 0) is 6.54 Å². The number of carbonyl (C=O) groups is 1. The number of anilines is 1. The molecule has 1 heterocycles. The monoisotopic (exact) mass is 382 g/mol. The third kappa shape index (κ3) is 4.38. The maximum Gasteiger partial charge on any atom is 0.259 e. The second-order valence-corrected chi connectivity index (χ2v) is 6.22. The number of ether oxygens (including phenoxy) is 2. The van der Waals surface area contributed by atoms with Crippen LogP contribution in [0.25, 0.3) is 0 Å². The van der Waals surface area contributed by atoms with Gasteiger partial charge in [-0.25, -0.2) is 4.98 Å². The van der Waals surface area contributed by atoms with Gasteiger partial charge in [-0.2, -0.15) is 0 Å². The summed E-state index contributed by atoms with van der Waals surface area (Å²) in [5, 5.41) is 0.507. The Morgan fingerprint density at radius 3 is 2.48 bits per heavy atom. The zero-order chi connectivity index (χ0) is 19.2. The summed E-state index contributed by atoms with van der Waals surface area (Å²) < 4.78 is 10.6. The molecular formula is C21H19ClN2O3. The fourth-order valence-corrected chi connectivity index (χ4v) is 2.90. The summed E-state index contributed by atoms with van der Waals surface area (Å²) in [6.07, 6.45) is 1.65. The molecule has 5 nitrogen and oxygen atoms in total. The molecule has 0 aliphatic heterocycles. The van der Waals surface area contributed by atoms with E-state index in [1.165, 1.54) is 0 Å². The lowest BCUT2D eigenvalue weighted by molar-refractivity contribution is 0.0984. The van der Waals surface area contributed by atoms with Crippen LogP contribution in [0.5, 0.6) is 11.5 Å². The van der Waals surface area contributed by atoms with Crippen molar-refractivity contribution in [1.82, 2.24) is 4.98 Å². The SMILES string of the molecule is COc1ccc(CN(C(=O)c2cccc(Cl)c2)c2ccccn2)cc1OC. The fraction of sp³-hybridized carbons (Fsp3) is 0.143. The van der Waals surface area contributed by atoms with Crippen LogP contribution in [0.1, 0.15) is 15.9 Å². The van der Waals surface area contributed by atoms with Gasteiger partial charge in [-0.1, -0.05) is 29.8 Å². The largest absolute Gasteiger partial charge is 0.493 e. The average Bonchev–Trinajstić information content (AvgIpc) is 2.72.